The number of nitrogens with zero attached hydrogens (tertiary/aromatic N) is 1. The first-order valence-electron chi connectivity index (χ1n) is 7.28. The molecule has 1 heterocycles. The Morgan fingerprint density at radius 1 is 1.19 bits per heavy atom. The van der Waals surface area contributed by atoms with Gasteiger partial charge in [0.05, 0.1) is 6.04 Å². The van der Waals surface area contributed by atoms with Crippen LogP contribution in [0, 0.1) is 6.92 Å². The number of benzene rings is 1. The summed E-state index contributed by atoms with van der Waals surface area (Å²) in [4.78, 5) is 2.26. The van der Waals surface area contributed by atoms with Crippen molar-refractivity contribution in [2.24, 2.45) is 5.73 Å². The molecule has 0 spiro atoms. The number of nitrogens with two attached hydrogens (primary N) is 1. The van der Waals surface area contributed by atoms with Crippen LogP contribution in [0.1, 0.15) is 36.5 Å². The molecule has 0 aliphatic rings. The molecule has 0 radical (unpaired) electrons. The molecule has 21 heavy (non-hydrogen) atoms. The molecule has 0 saturated carbocycles. The Hall–Kier alpha value is -1.10. The number of aryl methyl sites for hydroxylation is 1. The zero-order valence-electron chi connectivity index (χ0n) is 12.8. The molecule has 0 saturated heterocycles. The van der Waals surface area contributed by atoms with Gasteiger partial charge in [-0.2, -0.15) is 0 Å². The van der Waals surface area contributed by atoms with Crippen LogP contribution < -0.4 is 5.73 Å². The summed E-state index contributed by atoms with van der Waals surface area (Å²) in [5, 5.41) is 0. The van der Waals surface area contributed by atoms with Gasteiger partial charge in [-0.25, -0.2) is 0 Å². The van der Waals surface area contributed by atoms with Gasteiger partial charge in [0.25, 0.3) is 0 Å². The molecule has 1 aromatic carbocycles. The van der Waals surface area contributed by atoms with E-state index in [0.29, 0.717) is 0 Å². The van der Waals surface area contributed by atoms with Crippen molar-refractivity contribution in [1.29, 1.82) is 0 Å². The minimum atomic E-state index is 0.0519. The summed E-state index contributed by atoms with van der Waals surface area (Å²) in [5.74, 6) is 1.87. The number of hydrogen-bond acceptors (Lipinski definition) is 3. The Bertz CT molecular complexity index is 564. The van der Waals surface area contributed by atoms with Crippen LogP contribution in [0.3, 0.4) is 0 Å². The summed E-state index contributed by atoms with van der Waals surface area (Å²) in [5.41, 5.74) is 7.59. The van der Waals surface area contributed by atoms with Crippen molar-refractivity contribution >= 4 is 15.9 Å². The number of halogens is 1. The first-order chi connectivity index (χ1) is 10.0. The lowest BCUT2D eigenvalue weighted by molar-refractivity contribution is 0.174. The van der Waals surface area contributed by atoms with Gasteiger partial charge in [-0.1, -0.05) is 35.0 Å². The molecule has 2 rings (SSSR count). The minimum Gasteiger partial charge on any atom is -0.465 e. The van der Waals surface area contributed by atoms with Gasteiger partial charge in [-0.05, 0) is 50.2 Å². The van der Waals surface area contributed by atoms with Gasteiger partial charge in [-0.15, -0.1) is 0 Å². The predicted molar refractivity (Wildman–Crippen MR) is 90.1 cm³/mol. The molecule has 0 amide bonds. The third-order valence-corrected chi connectivity index (χ3v) is 4.28. The van der Waals surface area contributed by atoms with Crippen molar-refractivity contribution in [2.75, 3.05) is 7.05 Å². The van der Waals surface area contributed by atoms with Crippen LogP contribution in [0.5, 0.6) is 0 Å². The zero-order chi connectivity index (χ0) is 15.4. The van der Waals surface area contributed by atoms with Gasteiger partial charge in [0, 0.05) is 17.1 Å². The first kappa shape index (κ1) is 16.3. The second kappa shape index (κ2) is 7.25. The number of furan rings is 1. The standard InChI is InChI=1S/C17H23BrN2O/c1-4-15(19)17(16-10-5-12(2)21-16)20(3)11-13-6-8-14(18)9-7-13/h5-10,15,17H,4,11,19H2,1-3H3. The maximum Gasteiger partial charge on any atom is 0.122 e. The molecule has 0 bridgehead atoms. The maximum atomic E-state index is 6.33. The van der Waals surface area contributed by atoms with Crippen molar-refractivity contribution < 1.29 is 4.42 Å². The first-order valence-corrected chi connectivity index (χ1v) is 8.07. The van der Waals surface area contributed by atoms with Crippen LogP contribution in [0.4, 0.5) is 0 Å². The molecule has 2 aromatic rings. The number of likely N-dealkylation sites (N-methyl/N-ethyl adjacent to an activating group) is 1. The van der Waals surface area contributed by atoms with E-state index in [9.17, 15) is 0 Å². The molecule has 3 nitrogen and oxygen atoms in total. The largest absolute Gasteiger partial charge is 0.465 e. The summed E-state index contributed by atoms with van der Waals surface area (Å²) >= 11 is 3.47. The van der Waals surface area contributed by atoms with Crippen molar-refractivity contribution in [1.82, 2.24) is 4.90 Å². The van der Waals surface area contributed by atoms with Gasteiger partial charge >= 0.3 is 0 Å². The Balaban J connectivity index is 2.18. The highest BCUT2D eigenvalue weighted by Crippen LogP contribution is 2.27. The number of rotatable bonds is 6. The van der Waals surface area contributed by atoms with Gasteiger partial charge in [0.1, 0.15) is 11.5 Å². The molecule has 2 N–H and O–H groups in total. The highest BCUT2D eigenvalue weighted by molar-refractivity contribution is 9.10. The average molecular weight is 351 g/mol. The van der Waals surface area contributed by atoms with Gasteiger partial charge in [0.2, 0.25) is 0 Å². The second-order valence-electron chi connectivity index (χ2n) is 5.51. The van der Waals surface area contributed by atoms with E-state index in [4.69, 9.17) is 10.2 Å². The van der Waals surface area contributed by atoms with E-state index < -0.39 is 0 Å². The topological polar surface area (TPSA) is 42.4 Å². The van der Waals surface area contributed by atoms with Gasteiger partial charge < -0.3 is 10.2 Å². The Labute approximate surface area is 135 Å². The quantitative estimate of drug-likeness (QED) is 0.846. The molecular weight excluding hydrogens is 328 g/mol. The van der Waals surface area contributed by atoms with E-state index in [2.05, 4.69) is 59.1 Å². The summed E-state index contributed by atoms with van der Waals surface area (Å²) in [6, 6.07) is 12.6. The Morgan fingerprint density at radius 2 is 1.86 bits per heavy atom. The Morgan fingerprint density at radius 3 is 2.38 bits per heavy atom. The molecule has 0 fully saturated rings. The molecule has 4 heteroatoms. The molecule has 0 aliphatic carbocycles. The van der Waals surface area contributed by atoms with Gasteiger partial charge in [0.15, 0.2) is 0 Å². The zero-order valence-corrected chi connectivity index (χ0v) is 14.4. The lowest BCUT2D eigenvalue weighted by Gasteiger charge is -2.31. The summed E-state index contributed by atoms with van der Waals surface area (Å²) in [6.07, 6.45) is 0.912. The fourth-order valence-electron chi connectivity index (χ4n) is 2.57. The van der Waals surface area contributed by atoms with E-state index in [1.807, 2.05) is 19.1 Å². The van der Waals surface area contributed by atoms with Crippen molar-refractivity contribution in [3.05, 3.63) is 58.0 Å². The van der Waals surface area contributed by atoms with Crippen molar-refractivity contribution in [3.8, 4) is 0 Å². The molecule has 2 unspecified atom stereocenters. The second-order valence-corrected chi connectivity index (χ2v) is 6.42. The number of hydrogen-bond donors (Lipinski definition) is 1. The van der Waals surface area contributed by atoms with Crippen LogP contribution in [0.2, 0.25) is 0 Å². The maximum absolute atomic E-state index is 6.33. The van der Waals surface area contributed by atoms with Crippen LogP contribution in [-0.2, 0) is 6.54 Å². The Kier molecular flexibility index (Phi) is 5.62. The predicted octanol–water partition coefficient (Wildman–Crippen LogP) is 4.26. The van der Waals surface area contributed by atoms with E-state index >= 15 is 0 Å². The van der Waals surface area contributed by atoms with E-state index in [1.54, 1.807) is 0 Å². The third-order valence-electron chi connectivity index (χ3n) is 3.75. The van der Waals surface area contributed by atoms with E-state index in [1.165, 1.54) is 5.56 Å². The molecule has 1 aromatic heterocycles. The lowest BCUT2D eigenvalue weighted by Crippen LogP contribution is -2.38. The lowest BCUT2D eigenvalue weighted by atomic mass is 10.0. The highest BCUT2D eigenvalue weighted by Gasteiger charge is 2.26. The molecule has 0 aliphatic heterocycles. The average Bonchev–Trinajstić information content (AvgIpc) is 2.87. The van der Waals surface area contributed by atoms with Crippen LogP contribution in [0.15, 0.2) is 45.3 Å². The summed E-state index contributed by atoms with van der Waals surface area (Å²) < 4.78 is 6.91. The fraction of sp³-hybridized carbons (Fsp3) is 0.412. The monoisotopic (exact) mass is 350 g/mol. The van der Waals surface area contributed by atoms with Crippen molar-refractivity contribution in [3.63, 3.8) is 0 Å². The summed E-state index contributed by atoms with van der Waals surface area (Å²) in [7, 11) is 2.10. The van der Waals surface area contributed by atoms with Crippen LogP contribution in [-0.4, -0.2) is 18.0 Å². The highest BCUT2D eigenvalue weighted by atomic mass is 79.9. The van der Waals surface area contributed by atoms with E-state index in [0.717, 1.165) is 29.0 Å². The SMILES string of the molecule is CCC(N)C(c1ccc(C)o1)N(C)Cc1ccc(Br)cc1. The molecule has 114 valence electrons. The normalized spacial score (nSPS) is 14.4. The van der Waals surface area contributed by atoms with Crippen molar-refractivity contribution in [2.45, 2.75) is 38.9 Å². The third kappa shape index (κ3) is 4.19. The van der Waals surface area contributed by atoms with E-state index in [-0.39, 0.29) is 12.1 Å². The molecular formula is C17H23BrN2O. The fourth-order valence-corrected chi connectivity index (χ4v) is 2.83. The van der Waals surface area contributed by atoms with Crippen LogP contribution >= 0.6 is 15.9 Å². The smallest absolute Gasteiger partial charge is 0.122 e. The summed E-state index contributed by atoms with van der Waals surface area (Å²) in [6.45, 7) is 4.92. The minimum absolute atomic E-state index is 0.0519. The molecule has 2 atom stereocenters. The van der Waals surface area contributed by atoms with Crippen LogP contribution in [0.25, 0.3) is 0 Å². The van der Waals surface area contributed by atoms with Gasteiger partial charge in [-0.3, -0.25) is 4.90 Å².